The van der Waals surface area contributed by atoms with Crippen molar-refractivity contribution in [3.05, 3.63) is 60.4 Å². The number of nitrogens with zero attached hydrogens (tertiary/aromatic N) is 4. The zero-order valence-corrected chi connectivity index (χ0v) is 15.7. The van der Waals surface area contributed by atoms with Crippen LogP contribution in [0.25, 0.3) is 11.1 Å². The number of phenolic OH excluding ortho intramolecular Hbond substituents is 1. The van der Waals surface area contributed by atoms with Gasteiger partial charge in [0.15, 0.2) is 11.5 Å². The molecule has 1 aliphatic rings. The van der Waals surface area contributed by atoms with Crippen LogP contribution in [0.5, 0.6) is 11.5 Å². The van der Waals surface area contributed by atoms with Gasteiger partial charge in [0, 0.05) is 48.9 Å². The normalized spacial score (nSPS) is 13.5. The standard InChI is InChI=1S/C21H22N4O3/c1-2-19-23-6-7-24(19)14-20(27)25-8-9-28-21-17(13-25)10-16(11-18(21)26)15-4-3-5-22-12-15/h3-7,10-12,26H,2,8-9,13-14H2,1H3. The Hall–Kier alpha value is -3.35. The largest absolute Gasteiger partial charge is 0.504 e. The van der Waals surface area contributed by atoms with Crippen LogP contribution in [0.3, 0.4) is 0 Å². The van der Waals surface area contributed by atoms with Crippen LogP contribution in [0, 0.1) is 0 Å². The number of amides is 1. The number of hydrogen-bond acceptors (Lipinski definition) is 5. The molecule has 0 atom stereocenters. The van der Waals surface area contributed by atoms with Gasteiger partial charge in [-0.15, -0.1) is 0 Å². The molecule has 0 saturated heterocycles. The number of aryl methyl sites for hydroxylation is 1. The maximum atomic E-state index is 12.9. The molecule has 4 rings (SSSR count). The monoisotopic (exact) mass is 378 g/mol. The summed E-state index contributed by atoms with van der Waals surface area (Å²) in [7, 11) is 0. The van der Waals surface area contributed by atoms with Crippen LogP contribution in [0.2, 0.25) is 0 Å². The minimum atomic E-state index is -0.00424. The van der Waals surface area contributed by atoms with Gasteiger partial charge in [0.1, 0.15) is 19.0 Å². The number of imidazole rings is 1. The second-order valence-corrected chi connectivity index (χ2v) is 6.71. The number of aromatic hydroxyl groups is 1. The number of ether oxygens (including phenoxy) is 1. The molecule has 1 N–H and O–H groups in total. The van der Waals surface area contributed by atoms with Crippen molar-refractivity contribution in [2.45, 2.75) is 26.4 Å². The average molecular weight is 378 g/mol. The lowest BCUT2D eigenvalue weighted by Gasteiger charge is -2.21. The van der Waals surface area contributed by atoms with E-state index in [1.54, 1.807) is 29.6 Å². The fourth-order valence-corrected chi connectivity index (χ4v) is 3.46. The first-order chi connectivity index (χ1) is 13.7. The van der Waals surface area contributed by atoms with Gasteiger partial charge >= 0.3 is 0 Å². The maximum Gasteiger partial charge on any atom is 0.242 e. The summed E-state index contributed by atoms with van der Waals surface area (Å²) in [6.45, 7) is 3.44. The van der Waals surface area contributed by atoms with Gasteiger partial charge in [0.25, 0.3) is 0 Å². The summed E-state index contributed by atoms with van der Waals surface area (Å²) in [6, 6.07) is 7.40. The molecule has 0 spiro atoms. The second kappa shape index (κ2) is 7.72. The van der Waals surface area contributed by atoms with Crippen LogP contribution < -0.4 is 4.74 Å². The van der Waals surface area contributed by atoms with Crippen molar-refractivity contribution in [1.29, 1.82) is 0 Å². The fraction of sp³-hybridized carbons (Fsp3) is 0.286. The van der Waals surface area contributed by atoms with Gasteiger partial charge in [0.2, 0.25) is 5.91 Å². The van der Waals surface area contributed by atoms with Gasteiger partial charge in [-0.25, -0.2) is 4.98 Å². The Balaban J connectivity index is 1.60. The topological polar surface area (TPSA) is 80.5 Å². The molecule has 28 heavy (non-hydrogen) atoms. The molecule has 7 nitrogen and oxygen atoms in total. The molecule has 1 amide bonds. The second-order valence-electron chi connectivity index (χ2n) is 6.71. The van der Waals surface area contributed by atoms with Crippen molar-refractivity contribution in [1.82, 2.24) is 19.4 Å². The Morgan fingerprint density at radius 1 is 1.29 bits per heavy atom. The first-order valence-electron chi connectivity index (χ1n) is 9.32. The van der Waals surface area contributed by atoms with E-state index >= 15 is 0 Å². The molecule has 0 bridgehead atoms. The van der Waals surface area contributed by atoms with Crippen LogP contribution in [0.1, 0.15) is 18.3 Å². The highest BCUT2D eigenvalue weighted by Crippen LogP contribution is 2.37. The lowest BCUT2D eigenvalue weighted by molar-refractivity contribution is -0.132. The molecule has 0 radical (unpaired) electrons. The molecular formula is C21H22N4O3. The smallest absolute Gasteiger partial charge is 0.242 e. The molecule has 7 heteroatoms. The van der Waals surface area contributed by atoms with Crippen molar-refractivity contribution in [3.63, 3.8) is 0 Å². The highest BCUT2D eigenvalue weighted by atomic mass is 16.5. The Morgan fingerprint density at radius 3 is 2.96 bits per heavy atom. The van der Waals surface area contributed by atoms with Crippen LogP contribution in [-0.4, -0.2) is 43.6 Å². The molecule has 0 aliphatic carbocycles. The Kier molecular flexibility index (Phi) is 4.97. The Morgan fingerprint density at radius 2 is 2.18 bits per heavy atom. The number of pyridine rings is 1. The molecule has 3 heterocycles. The van der Waals surface area contributed by atoms with E-state index in [0.29, 0.717) is 25.4 Å². The summed E-state index contributed by atoms with van der Waals surface area (Å²) in [5.41, 5.74) is 2.52. The van der Waals surface area contributed by atoms with Crippen molar-refractivity contribution in [3.8, 4) is 22.6 Å². The summed E-state index contributed by atoms with van der Waals surface area (Å²) < 4.78 is 7.63. The summed E-state index contributed by atoms with van der Waals surface area (Å²) in [5, 5.41) is 10.5. The van der Waals surface area contributed by atoms with Crippen LogP contribution in [-0.2, 0) is 24.3 Å². The SMILES string of the molecule is CCc1nccn1CC(=O)N1CCOc2c(O)cc(-c3cccnc3)cc2C1. The lowest BCUT2D eigenvalue weighted by atomic mass is 10.0. The highest BCUT2D eigenvalue weighted by Gasteiger charge is 2.23. The molecule has 0 unspecified atom stereocenters. The molecule has 3 aromatic rings. The van der Waals surface area contributed by atoms with Gasteiger partial charge in [-0.05, 0) is 23.8 Å². The summed E-state index contributed by atoms with van der Waals surface area (Å²) in [5.74, 6) is 1.40. The van der Waals surface area contributed by atoms with E-state index in [9.17, 15) is 9.90 Å². The predicted molar refractivity (Wildman–Crippen MR) is 104 cm³/mol. The van der Waals surface area contributed by atoms with Crippen LogP contribution in [0.15, 0.2) is 49.1 Å². The van der Waals surface area contributed by atoms with Gasteiger partial charge < -0.3 is 19.3 Å². The minimum absolute atomic E-state index is 0.00424. The maximum absolute atomic E-state index is 12.9. The van der Waals surface area contributed by atoms with Crippen molar-refractivity contribution in [2.24, 2.45) is 0 Å². The molecule has 1 aromatic carbocycles. The predicted octanol–water partition coefficient (Wildman–Crippen LogP) is 2.63. The van der Waals surface area contributed by atoms with Gasteiger partial charge in [0.05, 0.1) is 6.54 Å². The number of aromatic nitrogens is 3. The van der Waals surface area contributed by atoms with Crippen LogP contribution in [0.4, 0.5) is 0 Å². The number of phenols is 1. The first kappa shape index (κ1) is 18.0. The molecule has 144 valence electrons. The van der Waals surface area contributed by atoms with Crippen molar-refractivity contribution in [2.75, 3.05) is 13.2 Å². The van der Waals surface area contributed by atoms with E-state index in [0.717, 1.165) is 28.9 Å². The van der Waals surface area contributed by atoms with Crippen molar-refractivity contribution < 1.29 is 14.6 Å². The minimum Gasteiger partial charge on any atom is -0.504 e. The van der Waals surface area contributed by atoms with E-state index in [-0.39, 0.29) is 18.2 Å². The van der Waals surface area contributed by atoms with Crippen LogP contribution >= 0.6 is 0 Å². The van der Waals surface area contributed by atoms with E-state index in [4.69, 9.17) is 4.74 Å². The van der Waals surface area contributed by atoms with E-state index in [1.807, 2.05) is 35.9 Å². The molecular weight excluding hydrogens is 356 g/mol. The first-order valence-corrected chi connectivity index (χ1v) is 9.32. The number of benzene rings is 1. The number of carbonyl (C=O) groups excluding carboxylic acids is 1. The van der Waals surface area contributed by atoms with Gasteiger partial charge in [-0.1, -0.05) is 13.0 Å². The number of fused-ring (bicyclic) bond motifs is 1. The number of hydrogen-bond donors (Lipinski definition) is 1. The van der Waals surface area contributed by atoms with E-state index in [1.165, 1.54) is 0 Å². The molecule has 0 fully saturated rings. The summed E-state index contributed by atoms with van der Waals surface area (Å²) in [6.07, 6.45) is 7.76. The molecule has 2 aromatic heterocycles. The average Bonchev–Trinajstić information content (AvgIpc) is 3.04. The third-order valence-electron chi connectivity index (χ3n) is 4.89. The van der Waals surface area contributed by atoms with Gasteiger partial charge in [-0.3, -0.25) is 9.78 Å². The summed E-state index contributed by atoms with van der Waals surface area (Å²) >= 11 is 0. The Bertz CT molecular complexity index is 985. The summed E-state index contributed by atoms with van der Waals surface area (Å²) in [4.78, 5) is 23.1. The fourth-order valence-electron chi connectivity index (χ4n) is 3.46. The van der Waals surface area contributed by atoms with E-state index < -0.39 is 0 Å². The third kappa shape index (κ3) is 3.55. The van der Waals surface area contributed by atoms with E-state index in [2.05, 4.69) is 9.97 Å². The number of carbonyl (C=O) groups is 1. The van der Waals surface area contributed by atoms with Crippen molar-refractivity contribution >= 4 is 5.91 Å². The van der Waals surface area contributed by atoms with Gasteiger partial charge in [-0.2, -0.15) is 0 Å². The zero-order valence-electron chi connectivity index (χ0n) is 15.7. The zero-order chi connectivity index (χ0) is 19.5. The highest BCUT2D eigenvalue weighted by molar-refractivity contribution is 5.77. The molecule has 0 saturated carbocycles. The quantitative estimate of drug-likeness (QED) is 0.755. The molecule has 1 aliphatic heterocycles. The number of rotatable bonds is 4. The Labute approximate surface area is 163 Å². The lowest BCUT2D eigenvalue weighted by Crippen LogP contribution is -2.35. The third-order valence-corrected chi connectivity index (χ3v) is 4.89.